The zero-order chi connectivity index (χ0) is 43.3. The Morgan fingerprint density at radius 1 is 0.246 bits per heavy atom. The zero-order valence-electron chi connectivity index (χ0n) is 36.5. The van der Waals surface area contributed by atoms with Gasteiger partial charge in [0.2, 0.25) is 0 Å². The molecule has 0 amide bonds. The highest BCUT2D eigenvalue weighted by Gasteiger charge is 2.51. The Labute approximate surface area is 381 Å². The molecule has 0 N–H and O–H groups in total. The van der Waals surface area contributed by atoms with Crippen molar-refractivity contribution in [3.63, 3.8) is 0 Å². The van der Waals surface area contributed by atoms with Gasteiger partial charge in [-0.3, -0.25) is 0 Å². The topological polar surface area (TPSA) is 3.24 Å². The highest BCUT2D eigenvalue weighted by atomic mass is 15.1. The molecule has 1 nitrogen and oxygen atoms in total. The van der Waals surface area contributed by atoms with E-state index in [1.807, 2.05) is 0 Å². The number of nitrogens with zero attached hydrogens (tertiary/aromatic N) is 1. The van der Waals surface area contributed by atoms with Crippen LogP contribution in [0.4, 0.5) is 17.1 Å². The third kappa shape index (κ3) is 5.52. The number of rotatable bonds is 6. The first-order valence-electron chi connectivity index (χ1n) is 22.8. The predicted octanol–water partition coefficient (Wildman–Crippen LogP) is 16.8. The lowest BCUT2D eigenvalue weighted by Crippen LogP contribution is -2.26. The summed E-state index contributed by atoms with van der Waals surface area (Å²) in [7, 11) is 0. The third-order valence-corrected chi connectivity index (χ3v) is 14.7. The molecule has 10 aromatic carbocycles. The Balaban J connectivity index is 0.989. The van der Waals surface area contributed by atoms with Gasteiger partial charge in [0.25, 0.3) is 0 Å². The summed E-state index contributed by atoms with van der Waals surface area (Å²) in [6.45, 7) is 4.72. The predicted molar refractivity (Wildman–Crippen MR) is 271 cm³/mol. The van der Waals surface area contributed by atoms with Gasteiger partial charge in [-0.1, -0.05) is 208 Å². The molecule has 1 spiro atoms. The van der Waals surface area contributed by atoms with Gasteiger partial charge in [0, 0.05) is 22.5 Å². The van der Waals surface area contributed by atoms with Crippen LogP contribution in [0.15, 0.2) is 237 Å². The first-order valence-corrected chi connectivity index (χ1v) is 22.8. The summed E-state index contributed by atoms with van der Waals surface area (Å²) in [5.41, 5.74) is 26.0. The lowest BCUT2D eigenvalue weighted by Gasteiger charge is -2.32. The Bertz CT molecular complexity index is 3450. The molecule has 0 aliphatic heterocycles. The van der Waals surface area contributed by atoms with E-state index in [0.29, 0.717) is 0 Å². The van der Waals surface area contributed by atoms with Crippen LogP contribution >= 0.6 is 0 Å². The van der Waals surface area contributed by atoms with E-state index < -0.39 is 5.41 Å². The molecule has 0 atom stereocenters. The van der Waals surface area contributed by atoms with Gasteiger partial charge in [-0.25, -0.2) is 0 Å². The fraction of sp³-hybridized carbons (Fsp3) is 0.0625. The van der Waals surface area contributed by atoms with Crippen molar-refractivity contribution in [3.05, 3.63) is 270 Å². The normalized spacial score (nSPS) is 13.9. The van der Waals surface area contributed by atoms with Crippen molar-refractivity contribution in [2.45, 2.75) is 24.7 Å². The number of anilines is 3. The minimum absolute atomic E-state index is 0.0862. The molecule has 13 rings (SSSR count). The molecule has 3 aliphatic carbocycles. The molecule has 0 fully saturated rings. The molecular formula is C64H45N. The van der Waals surface area contributed by atoms with E-state index in [0.717, 1.165) is 17.1 Å². The van der Waals surface area contributed by atoms with E-state index in [2.05, 4.69) is 255 Å². The number of benzene rings is 10. The Kier molecular flexibility index (Phi) is 8.24. The lowest BCUT2D eigenvalue weighted by atomic mass is 9.70. The van der Waals surface area contributed by atoms with Crippen LogP contribution in [0, 0.1) is 0 Å². The summed E-state index contributed by atoms with van der Waals surface area (Å²) < 4.78 is 0. The van der Waals surface area contributed by atoms with Gasteiger partial charge in [0.05, 0.1) is 5.41 Å². The fourth-order valence-corrected chi connectivity index (χ4v) is 11.7. The van der Waals surface area contributed by atoms with E-state index in [9.17, 15) is 0 Å². The number of hydrogen-bond acceptors (Lipinski definition) is 1. The number of hydrogen-bond donors (Lipinski definition) is 0. The highest BCUT2D eigenvalue weighted by Crippen LogP contribution is 2.63. The van der Waals surface area contributed by atoms with Gasteiger partial charge in [-0.15, -0.1) is 0 Å². The summed E-state index contributed by atoms with van der Waals surface area (Å²) in [4.78, 5) is 2.49. The van der Waals surface area contributed by atoms with Crippen molar-refractivity contribution in [2.75, 3.05) is 4.90 Å². The number of fused-ring (bicyclic) bond motifs is 13. The van der Waals surface area contributed by atoms with Crippen LogP contribution in [0.2, 0.25) is 0 Å². The molecule has 1 heteroatoms. The molecule has 0 heterocycles. The second kappa shape index (κ2) is 14.3. The largest absolute Gasteiger partial charge is 0.310 e. The maximum absolute atomic E-state index is 2.51. The Morgan fingerprint density at radius 3 is 1.28 bits per heavy atom. The summed E-state index contributed by atoms with van der Waals surface area (Å²) >= 11 is 0. The van der Waals surface area contributed by atoms with Crippen molar-refractivity contribution in [1.82, 2.24) is 0 Å². The van der Waals surface area contributed by atoms with Gasteiger partial charge in [-0.2, -0.15) is 0 Å². The van der Waals surface area contributed by atoms with Crippen molar-refractivity contribution < 1.29 is 0 Å². The fourth-order valence-electron chi connectivity index (χ4n) is 11.7. The third-order valence-electron chi connectivity index (χ3n) is 14.7. The second-order valence-corrected chi connectivity index (χ2v) is 18.4. The maximum atomic E-state index is 2.51. The maximum Gasteiger partial charge on any atom is 0.0726 e. The molecule has 65 heavy (non-hydrogen) atoms. The SMILES string of the molecule is CC1(C)c2ccccc2-c2cc(N(c3cccc(-c4cccc(-c5ccc(-c6ccccc6)cc5)c4)c3)c3ccc4c(c3)C3(c5ccccc5-c5ccccc53)c3ccccc3-4)ccc21. The van der Waals surface area contributed by atoms with Crippen molar-refractivity contribution >= 4 is 17.1 Å². The van der Waals surface area contributed by atoms with E-state index in [1.54, 1.807) is 0 Å². The lowest BCUT2D eigenvalue weighted by molar-refractivity contribution is 0.660. The summed E-state index contributed by atoms with van der Waals surface area (Å²) in [5.74, 6) is 0. The zero-order valence-corrected chi connectivity index (χ0v) is 36.5. The smallest absolute Gasteiger partial charge is 0.0726 e. The van der Waals surface area contributed by atoms with Crippen molar-refractivity contribution in [1.29, 1.82) is 0 Å². The monoisotopic (exact) mass is 827 g/mol. The van der Waals surface area contributed by atoms with Crippen LogP contribution in [0.5, 0.6) is 0 Å². The molecule has 0 bridgehead atoms. The van der Waals surface area contributed by atoms with Gasteiger partial charge in [-0.05, 0) is 143 Å². The molecule has 10 aromatic rings. The molecule has 0 saturated carbocycles. The van der Waals surface area contributed by atoms with E-state index >= 15 is 0 Å². The molecule has 0 saturated heterocycles. The first kappa shape index (κ1) is 37.5. The van der Waals surface area contributed by atoms with Crippen LogP contribution < -0.4 is 4.90 Å². The minimum Gasteiger partial charge on any atom is -0.310 e. The Morgan fingerprint density at radius 2 is 0.646 bits per heavy atom. The Hall–Kier alpha value is -8.00. The average molecular weight is 828 g/mol. The van der Waals surface area contributed by atoms with Crippen molar-refractivity contribution in [2.24, 2.45) is 0 Å². The van der Waals surface area contributed by atoms with Crippen molar-refractivity contribution in [3.8, 4) is 66.8 Å². The van der Waals surface area contributed by atoms with Crippen LogP contribution in [-0.4, -0.2) is 0 Å². The quantitative estimate of drug-likeness (QED) is 0.161. The van der Waals surface area contributed by atoms with Gasteiger partial charge < -0.3 is 4.90 Å². The average Bonchev–Trinajstić information content (AvgIpc) is 3.93. The second-order valence-electron chi connectivity index (χ2n) is 18.4. The van der Waals surface area contributed by atoms with Crippen LogP contribution in [-0.2, 0) is 10.8 Å². The van der Waals surface area contributed by atoms with Gasteiger partial charge in [0.15, 0.2) is 0 Å². The van der Waals surface area contributed by atoms with E-state index in [4.69, 9.17) is 0 Å². The summed E-state index contributed by atoms with van der Waals surface area (Å²) in [6, 6.07) is 88.2. The summed E-state index contributed by atoms with van der Waals surface area (Å²) in [5, 5.41) is 0. The van der Waals surface area contributed by atoms with Crippen LogP contribution in [0.1, 0.15) is 47.2 Å². The van der Waals surface area contributed by atoms with E-state index in [1.165, 1.54) is 100 Å². The molecular weight excluding hydrogens is 783 g/mol. The molecule has 0 unspecified atom stereocenters. The molecule has 0 aromatic heterocycles. The van der Waals surface area contributed by atoms with Crippen LogP contribution in [0.25, 0.3) is 66.8 Å². The molecule has 3 aliphatic rings. The van der Waals surface area contributed by atoms with E-state index in [-0.39, 0.29) is 5.41 Å². The molecule has 306 valence electrons. The molecule has 0 radical (unpaired) electrons. The van der Waals surface area contributed by atoms with Gasteiger partial charge in [0.1, 0.15) is 0 Å². The summed E-state index contributed by atoms with van der Waals surface area (Å²) in [6.07, 6.45) is 0. The standard InChI is InChI=1S/C64H45N/c1-63(2)57-26-10-6-25-54(57)56-40-49(35-37-58(56)63)65(48-21-15-20-47(39-48)46-19-14-18-45(38-46)44-32-30-43(31-33-44)42-16-4-3-5-17-42)50-34-36-55-53-24-9-13-29-61(53)64(62(55)41-50)59-27-11-7-22-51(59)52-23-8-12-28-60(52)64/h3-41H,1-2H3. The first-order chi connectivity index (χ1) is 32.0. The van der Waals surface area contributed by atoms with Gasteiger partial charge >= 0.3 is 0 Å². The highest BCUT2D eigenvalue weighted by molar-refractivity contribution is 5.97. The minimum atomic E-state index is -0.441. The van der Waals surface area contributed by atoms with Crippen LogP contribution in [0.3, 0.4) is 0 Å².